The second-order valence-electron chi connectivity index (χ2n) is 5.86. The van der Waals surface area contributed by atoms with Crippen molar-refractivity contribution in [2.75, 3.05) is 11.9 Å². The molecule has 0 radical (unpaired) electrons. The molecule has 1 amide bonds. The first-order chi connectivity index (χ1) is 11.8. The number of hydrogen-bond donors (Lipinski definition) is 1. The summed E-state index contributed by atoms with van der Waals surface area (Å²) in [6.45, 7) is 5.31. The summed E-state index contributed by atoms with van der Waals surface area (Å²) in [6.07, 6.45) is -0.332. The van der Waals surface area contributed by atoms with Crippen LogP contribution in [-0.2, 0) is 20.7 Å². The number of hydrogen-bond acceptors (Lipinski definition) is 3. The van der Waals surface area contributed by atoms with E-state index in [0.29, 0.717) is 5.69 Å². The van der Waals surface area contributed by atoms with Crippen LogP contribution < -0.4 is 5.32 Å². The number of halogens is 2. The molecule has 6 heteroatoms. The smallest absolute Gasteiger partial charge is 0.310 e. The number of rotatable bonds is 5. The molecule has 0 aliphatic heterocycles. The van der Waals surface area contributed by atoms with Gasteiger partial charge in [-0.1, -0.05) is 35.4 Å². The average Bonchev–Trinajstić information content (AvgIpc) is 2.52. The van der Waals surface area contributed by atoms with E-state index in [1.807, 2.05) is 32.9 Å². The fraction of sp³-hybridized carbons (Fsp3) is 0.263. The fourth-order valence-corrected chi connectivity index (χ4v) is 2.83. The van der Waals surface area contributed by atoms with E-state index in [4.69, 9.17) is 16.3 Å². The van der Waals surface area contributed by atoms with Crippen LogP contribution in [0.5, 0.6) is 0 Å². The first kappa shape index (κ1) is 18.9. The van der Waals surface area contributed by atoms with Crippen molar-refractivity contribution in [2.24, 2.45) is 0 Å². The SMILES string of the molecule is Cc1cc(C)c(NC(=O)COC(=O)Cc2c(F)cccc2Cl)c(C)c1. The average molecular weight is 364 g/mol. The first-order valence-corrected chi connectivity index (χ1v) is 8.12. The maximum absolute atomic E-state index is 13.6. The zero-order valence-corrected chi connectivity index (χ0v) is 15.0. The molecule has 0 saturated heterocycles. The van der Waals surface area contributed by atoms with Crippen molar-refractivity contribution >= 4 is 29.2 Å². The Bertz CT molecular complexity index is 777. The van der Waals surface area contributed by atoms with Gasteiger partial charge in [0.2, 0.25) is 0 Å². The summed E-state index contributed by atoms with van der Waals surface area (Å²) >= 11 is 5.86. The van der Waals surface area contributed by atoms with Crippen LogP contribution >= 0.6 is 11.6 Å². The number of carbonyl (C=O) groups is 2. The molecule has 0 spiro atoms. The Morgan fingerprint density at radius 3 is 2.40 bits per heavy atom. The summed E-state index contributed by atoms with van der Waals surface area (Å²) < 4.78 is 18.6. The van der Waals surface area contributed by atoms with Crippen LogP contribution in [0.25, 0.3) is 0 Å². The lowest BCUT2D eigenvalue weighted by Crippen LogP contribution is -2.22. The summed E-state index contributed by atoms with van der Waals surface area (Å²) in [6, 6.07) is 8.06. The van der Waals surface area contributed by atoms with Gasteiger partial charge in [-0.2, -0.15) is 0 Å². The molecule has 0 unspecified atom stereocenters. The largest absolute Gasteiger partial charge is 0.455 e. The highest BCUT2D eigenvalue weighted by Crippen LogP contribution is 2.22. The third-order valence-corrected chi connectivity index (χ3v) is 4.04. The Kier molecular flexibility index (Phi) is 6.15. The molecule has 0 aliphatic carbocycles. The van der Waals surface area contributed by atoms with Gasteiger partial charge in [-0.05, 0) is 44.0 Å². The number of ether oxygens (including phenoxy) is 1. The molecule has 0 aliphatic rings. The van der Waals surface area contributed by atoms with E-state index in [1.165, 1.54) is 18.2 Å². The number of benzene rings is 2. The topological polar surface area (TPSA) is 55.4 Å². The van der Waals surface area contributed by atoms with Crippen LogP contribution in [0, 0.1) is 26.6 Å². The molecule has 2 aromatic rings. The molecule has 2 aromatic carbocycles. The molecule has 132 valence electrons. The highest BCUT2D eigenvalue weighted by atomic mass is 35.5. The number of aryl methyl sites for hydroxylation is 3. The molecule has 2 rings (SSSR count). The Hall–Kier alpha value is -2.40. The van der Waals surface area contributed by atoms with Crippen LogP contribution in [-0.4, -0.2) is 18.5 Å². The third-order valence-electron chi connectivity index (χ3n) is 3.69. The lowest BCUT2D eigenvalue weighted by Gasteiger charge is -2.13. The van der Waals surface area contributed by atoms with Crippen LogP contribution in [0.4, 0.5) is 10.1 Å². The van der Waals surface area contributed by atoms with Gasteiger partial charge in [0.05, 0.1) is 6.42 Å². The predicted octanol–water partition coefficient (Wildman–Crippen LogP) is 4.13. The number of esters is 1. The van der Waals surface area contributed by atoms with Gasteiger partial charge in [-0.25, -0.2) is 4.39 Å². The van der Waals surface area contributed by atoms with E-state index in [-0.39, 0.29) is 17.0 Å². The summed E-state index contributed by atoms with van der Waals surface area (Å²) in [5.74, 6) is -1.76. The molecule has 0 aromatic heterocycles. The second-order valence-corrected chi connectivity index (χ2v) is 6.27. The first-order valence-electron chi connectivity index (χ1n) is 7.74. The summed E-state index contributed by atoms with van der Waals surface area (Å²) in [7, 11) is 0. The Labute approximate surface area is 150 Å². The molecule has 4 nitrogen and oxygen atoms in total. The minimum Gasteiger partial charge on any atom is -0.455 e. The van der Waals surface area contributed by atoms with Gasteiger partial charge in [0.15, 0.2) is 6.61 Å². The molecule has 0 heterocycles. The third kappa shape index (κ3) is 5.03. The molecule has 0 atom stereocenters. The number of carbonyl (C=O) groups excluding carboxylic acids is 2. The van der Waals surface area contributed by atoms with E-state index in [2.05, 4.69) is 5.32 Å². The number of nitrogens with one attached hydrogen (secondary N) is 1. The lowest BCUT2D eigenvalue weighted by molar-refractivity contribution is -0.146. The summed E-state index contributed by atoms with van der Waals surface area (Å²) in [5.41, 5.74) is 3.70. The molecule has 25 heavy (non-hydrogen) atoms. The van der Waals surface area contributed by atoms with Gasteiger partial charge < -0.3 is 10.1 Å². The van der Waals surface area contributed by atoms with Crippen molar-refractivity contribution in [2.45, 2.75) is 27.2 Å². The minimum atomic E-state index is -0.723. The van der Waals surface area contributed by atoms with Crippen molar-refractivity contribution in [3.63, 3.8) is 0 Å². The highest BCUT2D eigenvalue weighted by Gasteiger charge is 2.15. The Morgan fingerprint density at radius 1 is 1.16 bits per heavy atom. The Balaban J connectivity index is 1.93. The van der Waals surface area contributed by atoms with Gasteiger partial charge in [0.25, 0.3) is 5.91 Å². The van der Waals surface area contributed by atoms with Gasteiger partial charge in [-0.15, -0.1) is 0 Å². The van der Waals surface area contributed by atoms with E-state index in [1.54, 1.807) is 0 Å². The van der Waals surface area contributed by atoms with E-state index >= 15 is 0 Å². The predicted molar refractivity (Wildman–Crippen MR) is 95.4 cm³/mol. The molecule has 0 saturated carbocycles. The van der Waals surface area contributed by atoms with E-state index in [0.717, 1.165) is 16.7 Å². The van der Waals surface area contributed by atoms with Crippen LogP contribution in [0.2, 0.25) is 5.02 Å². The standard InChI is InChI=1S/C19H19ClFNO3/c1-11-7-12(2)19(13(3)8-11)22-17(23)10-25-18(24)9-14-15(20)5-4-6-16(14)21/h4-8H,9-10H2,1-3H3,(H,22,23). The zero-order valence-electron chi connectivity index (χ0n) is 14.3. The van der Waals surface area contributed by atoms with Gasteiger partial charge in [0.1, 0.15) is 5.82 Å². The highest BCUT2D eigenvalue weighted by molar-refractivity contribution is 6.31. The van der Waals surface area contributed by atoms with Gasteiger partial charge >= 0.3 is 5.97 Å². The summed E-state index contributed by atoms with van der Waals surface area (Å²) in [4.78, 5) is 23.8. The molecular weight excluding hydrogens is 345 g/mol. The van der Waals surface area contributed by atoms with Gasteiger partial charge in [-0.3, -0.25) is 9.59 Å². The maximum atomic E-state index is 13.6. The second kappa shape index (κ2) is 8.12. The molecule has 0 fully saturated rings. The number of anilines is 1. The van der Waals surface area contributed by atoms with Gasteiger partial charge in [0, 0.05) is 16.3 Å². The van der Waals surface area contributed by atoms with E-state index < -0.39 is 24.3 Å². The number of amides is 1. The van der Waals surface area contributed by atoms with Crippen LogP contribution in [0.3, 0.4) is 0 Å². The lowest BCUT2D eigenvalue weighted by atomic mass is 10.1. The normalized spacial score (nSPS) is 10.4. The zero-order chi connectivity index (χ0) is 18.6. The van der Waals surface area contributed by atoms with Crippen molar-refractivity contribution in [3.05, 3.63) is 63.4 Å². The van der Waals surface area contributed by atoms with Crippen molar-refractivity contribution < 1.29 is 18.7 Å². The van der Waals surface area contributed by atoms with E-state index in [9.17, 15) is 14.0 Å². The van der Waals surface area contributed by atoms with Crippen LogP contribution in [0.1, 0.15) is 22.3 Å². The van der Waals surface area contributed by atoms with Crippen LogP contribution in [0.15, 0.2) is 30.3 Å². The van der Waals surface area contributed by atoms with Crippen molar-refractivity contribution in [1.29, 1.82) is 0 Å². The minimum absolute atomic E-state index is 0.0554. The van der Waals surface area contributed by atoms with Crippen molar-refractivity contribution in [3.8, 4) is 0 Å². The quantitative estimate of drug-likeness (QED) is 0.813. The molecule has 0 bridgehead atoms. The molecular formula is C19H19ClFNO3. The maximum Gasteiger partial charge on any atom is 0.310 e. The van der Waals surface area contributed by atoms with Crippen molar-refractivity contribution in [1.82, 2.24) is 0 Å². The monoisotopic (exact) mass is 363 g/mol. The fourth-order valence-electron chi connectivity index (χ4n) is 2.60. The Morgan fingerprint density at radius 2 is 1.80 bits per heavy atom. The summed E-state index contributed by atoms with van der Waals surface area (Å²) in [5, 5.41) is 2.88. The molecule has 1 N–H and O–H groups in total.